The van der Waals surface area contributed by atoms with Crippen molar-refractivity contribution in [2.24, 2.45) is 5.73 Å². The van der Waals surface area contributed by atoms with Crippen molar-refractivity contribution in [2.45, 2.75) is 0 Å². The van der Waals surface area contributed by atoms with Crippen LogP contribution in [0.2, 0.25) is 0 Å². The third-order valence-electron chi connectivity index (χ3n) is 1.07. The van der Waals surface area contributed by atoms with Crippen LogP contribution in [0.25, 0.3) is 0 Å². The van der Waals surface area contributed by atoms with Crippen molar-refractivity contribution >= 4 is 28.5 Å². The monoisotopic (exact) mass is 264 g/mol. The smallest absolute Gasteiger partial charge is 0.271 e. The number of primary amides is 1. The topological polar surface area (TPSA) is 76.2 Å². The minimum Gasteiger partial charge on any atom is -0.505 e. The summed E-state index contributed by atoms with van der Waals surface area (Å²) in [5.74, 6) is -0.900. The number of nitrogens with two attached hydrogens (primary N) is 1. The van der Waals surface area contributed by atoms with Crippen LogP contribution in [0.3, 0.4) is 0 Å². The van der Waals surface area contributed by atoms with Gasteiger partial charge in [-0.25, -0.2) is 4.98 Å². The number of halogens is 1. The Hall–Kier alpha value is -0.850. The molecule has 0 aliphatic carbocycles. The molecule has 0 aliphatic rings. The molecule has 0 atom stereocenters. The molecule has 0 aromatic carbocycles. The number of amides is 1. The Balaban J connectivity index is 3.20. The molecule has 1 aromatic rings. The fraction of sp³-hybridized carbons (Fsp3) is 0. The molecule has 1 rings (SSSR count). The minimum absolute atomic E-state index is 0.0922. The highest BCUT2D eigenvalue weighted by atomic mass is 127. The van der Waals surface area contributed by atoms with Crippen molar-refractivity contribution in [1.82, 2.24) is 4.98 Å². The molecule has 58 valence electrons. The summed E-state index contributed by atoms with van der Waals surface area (Å²) >= 11 is 1.97. The third kappa shape index (κ3) is 1.79. The first-order valence-electron chi connectivity index (χ1n) is 2.75. The van der Waals surface area contributed by atoms with Crippen LogP contribution in [0.4, 0.5) is 0 Å². The summed E-state index contributed by atoms with van der Waals surface area (Å²) < 4.78 is 0.755. The summed E-state index contributed by atoms with van der Waals surface area (Å²) in [4.78, 5) is 14.2. The van der Waals surface area contributed by atoms with Gasteiger partial charge in [0.15, 0.2) is 5.69 Å². The molecule has 3 N–H and O–H groups in total. The Labute approximate surface area is 76.6 Å². The predicted molar refractivity (Wildman–Crippen MR) is 47.1 cm³/mol. The molecule has 0 fully saturated rings. The molecule has 0 saturated heterocycles. The zero-order chi connectivity index (χ0) is 8.43. The molecule has 0 spiro atoms. The quantitative estimate of drug-likeness (QED) is 0.725. The molecule has 11 heavy (non-hydrogen) atoms. The summed E-state index contributed by atoms with van der Waals surface area (Å²) in [6.07, 6.45) is 1.46. The van der Waals surface area contributed by atoms with Crippen molar-refractivity contribution in [1.29, 1.82) is 0 Å². The summed E-state index contributed by atoms with van der Waals surface area (Å²) in [6.45, 7) is 0. The number of carbonyl (C=O) groups is 1. The van der Waals surface area contributed by atoms with Crippen LogP contribution in [0.5, 0.6) is 5.75 Å². The van der Waals surface area contributed by atoms with Gasteiger partial charge in [0, 0.05) is 9.77 Å². The number of rotatable bonds is 1. The fourth-order valence-electron chi connectivity index (χ4n) is 0.618. The highest BCUT2D eigenvalue weighted by Crippen LogP contribution is 2.16. The second-order valence-electron chi connectivity index (χ2n) is 1.89. The van der Waals surface area contributed by atoms with Crippen LogP contribution in [0, 0.1) is 3.57 Å². The number of nitrogens with zero attached hydrogens (tertiary/aromatic N) is 1. The van der Waals surface area contributed by atoms with Gasteiger partial charge in [-0.2, -0.15) is 0 Å². The van der Waals surface area contributed by atoms with E-state index in [1.54, 1.807) is 0 Å². The summed E-state index contributed by atoms with van der Waals surface area (Å²) in [7, 11) is 0. The highest BCUT2D eigenvalue weighted by molar-refractivity contribution is 14.1. The maximum Gasteiger partial charge on any atom is 0.271 e. The van der Waals surface area contributed by atoms with Crippen LogP contribution in [0.1, 0.15) is 10.5 Å². The van der Waals surface area contributed by atoms with Crippen molar-refractivity contribution in [2.75, 3.05) is 0 Å². The van der Waals surface area contributed by atoms with E-state index in [9.17, 15) is 4.79 Å². The predicted octanol–water partition coefficient (Wildman–Crippen LogP) is 0.491. The zero-order valence-corrected chi connectivity index (χ0v) is 7.57. The lowest BCUT2D eigenvalue weighted by Gasteiger charge is -1.97. The average Bonchev–Trinajstić information content (AvgIpc) is 1.85. The van der Waals surface area contributed by atoms with E-state index in [0.29, 0.717) is 0 Å². The number of aromatic hydroxyl groups is 1. The van der Waals surface area contributed by atoms with Gasteiger partial charge in [-0.1, -0.05) is 0 Å². The minimum atomic E-state index is -0.723. The van der Waals surface area contributed by atoms with Gasteiger partial charge in [-0.15, -0.1) is 0 Å². The molecule has 0 unspecified atom stereocenters. The van der Waals surface area contributed by atoms with Gasteiger partial charge in [0.2, 0.25) is 0 Å². The van der Waals surface area contributed by atoms with Gasteiger partial charge in [-0.05, 0) is 28.7 Å². The lowest BCUT2D eigenvalue weighted by molar-refractivity contribution is 0.0992. The average molecular weight is 264 g/mol. The second kappa shape index (κ2) is 3.04. The van der Waals surface area contributed by atoms with E-state index in [-0.39, 0.29) is 11.4 Å². The Morgan fingerprint density at radius 1 is 1.73 bits per heavy atom. The molecule has 0 aliphatic heterocycles. The molecule has 5 heteroatoms. The van der Waals surface area contributed by atoms with E-state index in [1.165, 1.54) is 12.3 Å². The first-order valence-corrected chi connectivity index (χ1v) is 3.83. The van der Waals surface area contributed by atoms with E-state index < -0.39 is 5.91 Å². The van der Waals surface area contributed by atoms with Gasteiger partial charge < -0.3 is 10.8 Å². The highest BCUT2D eigenvalue weighted by Gasteiger charge is 2.07. The molecule has 0 saturated carbocycles. The van der Waals surface area contributed by atoms with Gasteiger partial charge >= 0.3 is 0 Å². The van der Waals surface area contributed by atoms with E-state index in [1.807, 2.05) is 22.6 Å². The SMILES string of the molecule is NC(=O)c1ncc(I)cc1O. The Morgan fingerprint density at radius 3 is 2.82 bits per heavy atom. The Kier molecular flexibility index (Phi) is 2.28. The third-order valence-corrected chi connectivity index (χ3v) is 1.66. The Morgan fingerprint density at radius 2 is 2.36 bits per heavy atom. The van der Waals surface area contributed by atoms with E-state index in [4.69, 9.17) is 10.8 Å². The molecule has 4 nitrogen and oxygen atoms in total. The van der Waals surface area contributed by atoms with Gasteiger partial charge in [0.1, 0.15) is 5.75 Å². The summed E-state index contributed by atoms with van der Waals surface area (Å²) in [5, 5.41) is 9.09. The molecular formula is C6H5IN2O2. The van der Waals surface area contributed by atoms with Gasteiger partial charge in [0.05, 0.1) is 0 Å². The van der Waals surface area contributed by atoms with Crippen molar-refractivity contribution < 1.29 is 9.90 Å². The first-order chi connectivity index (χ1) is 5.11. The van der Waals surface area contributed by atoms with Crippen LogP contribution in [-0.4, -0.2) is 16.0 Å². The van der Waals surface area contributed by atoms with Crippen LogP contribution < -0.4 is 5.73 Å². The maximum absolute atomic E-state index is 10.5. The maximum atomic E-state index is 10.5. The van der Waals surface area contributed by atoms with Crippen molar-refractivity contribution in [3.05, 3.63) is 21.5 Å². The summed E-state index contributed by atoms with van der Waals surface area (Å²) in [6, 6.07) is 1.42. The van der Waals surface area contributed by atoms with Crippen LogP contribution >= 0.6 is 22.6 Å². The molecule has 0 bridgehead atoms. The number of carbonyl (C=O) groups excluding carboxylic acids is 1. The zero-order valence-electron chi connectivity index (χ0n) is 5.41. The summed E-state index contributed by atoms with van der Waals surface area (Å²) in [5.41, 5.74) is 4.81. The van der Waals surface area contributed by atoms with Crippen molar-refractivity contribution in [3.8, 4) is 5.75 Å². The van der Waals surface area contributed by atoms with Crippen LogP contribution in [-0.2, 0) is 0 Å². The number of hydrogen-bond donors (Lipinski definition) is 2. The van der Waals surface area contributed by atoms with Crippen LogP contribution in [0.15, 0.2) is 12.3 Å². The standard InChI is InChI=1S/C6H5IN2O2/c7-3-1-4(10)5(6(8)11)9-2-3/h1-2,10H,(H2,8,11). The normalized spacial score (nSPS) is 9.55. The number of hydrogen-bond acceptors (Lipinski definition) is 3. The molecule has 1 aromatic heterocycles. The number of aromatic nitrogens is 1. The van der Waals surface area contributed by atoms with Gasteiger partial charge in [-0.3, -0.25) is 4.79 Å². The largest absolute Gasteiger partial charge is 0.505 e. The molecule has 1 amide bonds. The van der Waals surface area contributed by atoms with E-state index in [2.05, 4.69) is 4.98 Å². The lowest BCUT2D eigenvalue weighted by atomic mass is 10.3. The lowest BCUT2D eigenvalue weighted by Crippen LogP contribution is -2.13. The van der Waals surface area contributed by atoms with Gasteiger partial charge in [0.25, 0.3) is 5.91 Å². The molecular weight excluding hydrogens is 259 g/mol. The van der Waals surface area contributed by atoms with Crippen molar-refractivity contribution in [3.63, 3.8) is 0 Å². The van der Waals surface area contributed by atoms with E-state index >= 15 is 0 Å². The molecule has 1 heterocycles. The molecule has 0 radical (unpaired) electrons. The van der Waals surface area contributed by atoms with E-state index in [0.717, 1.165) is 3.57 Å². The first kappa shape index (κ1) is 8.25. The second-order valence-corrected chi connectivity index (χ2v) is 3.13. The fourth-order valence-corrected chi connectivity index (χ4v) is 1.05. The Bertz CT molecular complexity index is 301. The number of pyridine rings is 1.